The highest BCUT2D eigenvalue weighted by molar-refractivity contribution is 7.18. The fourth-order valence-electron chi connectivity index (χ4n) is 2.31. The first kappa shape index (κ1) is 12.1. The van der Waals surface area contributed by atoms with E-state index in [9.17, 15) is 0 Å². The molecule has 1 aliphatic carbocycles. The third-order valence-electron chi connectivity index (χ3n) is 3.57. The van der Waals surface area contributed by atoms with Crippen LogP contribution in [0.15, 0.2) is 36.7 Å². The van der Waals surface area contributed by atoms with E-state index in [1.54, 1.807) is 11.3 Å². The summed E-state index contributed by atoms with van der Waals surface area (Å²) in [5, 5.41) is 4.65. The topological polar surface area (TPSA) is 42.7 Å². The van der Waals surface area contributed by atoms with Gasteiger partial charge in [-0.2, -0.15) is 0 Å². The van der Waals surface area contributed by atoms with Crippen LogP contribution in [0.3, 0.4) is 0 Å². The Bertz CT molecular complexity index is 693. The van der Waals surface area contributed by atoms with Crippen LogP contribution in [0.25, 0.3) is 10.2 Å². The summed E-state index contributed by atoms with van der Waals surface area (Å²) in [6.45, 7) is 1.66. The largest absolute Gasteiger partial charge is 0.327 e. The van der Waals surface area contributed by atoms with Crippen LogP contribution in [0.4, 0.5) is 0 Å². The quantitative estimate of drug-likeness (QED) is 0.783. The Morgan fingerprint density at radius 1 is 1.30 bits per heavy atom. The van der Waals surface area contributed by atoms with E-state index in [-0.39, 0.29) is 0 Å². The summed E-state index contributed by atoms with van der Waals surface area (Å²) < 4.78 is 3.44. The standard InChI is InChI=1S/C15H16N4S/c1-2-4-13-12(3-1)18-15(20-13)10-19-8-7-16-14(19)9-17-11-5-6-11/h1-4,7-8,11,17H,5-6,9-10H2. The number of hydrogen-bond acceptors (Lipinski definition) is 4. The van der Waals surface area contributed by atoms with Gasteiger partial charge in [0.2, 0.25) is 0 Å². The van der Waals surface area contributed by atoms with Crippen molar-refractivity contribution in [3.8, 4) is 0 Å². The van der Waals surface area contributed by atoms with Gasteiger partial charge in [0.05, 0.1) is 23.3 Å². The Kier molecular flexibility index (Phi) is 3.01. The Morgan fingerprint density at radius 2 is 2.20 bits per heavy atom. The molecule has 2 aromatic heterocycles. The van der Waals surface area contributed by atoms with E-state index in [1.807, 2.05) is 18.5 Å². The highest BCUT2D eigenvalue weighted by Gasteiger charge is 2.20. The monoisotopic (exact) mass is 284 g/mol. The van der Waals surface area contributed by atoms with E-state index in [0.29, 0.717) is 6.04 Å². The van der Waals surface area contributed by atoms with E-state index in [1.165, 1.54) is 17.5 Å². The molecule has 1 aromatic carbocycles. The second kappa shape index (κ2) is 5.00. The maximum Gasteiger partial charge on any atom is 0.123 e. The lowest BCUT2D eigenvalue weighted by atomic mass is 10.3. The Balaban J connectivity index is 1.53. The lowest BCUT2D eigenvalue weighted by Gasteiger charge is -2.06. The van der Waals surface area contributed by atoms with Gasteiger partial charge in [0.25, 0.3) is 0 Å². The Labute approximate surface area is 121 Å². The number of imidazole rings is 1. The first-order valence-electron chi connectivity index (χ1n) is 6.96. The van der Waals surface area contributed by atoms with Crippen LogP contribution < -0.4 is 5.32 Å². The second-order valence-electron chi connectivity index (χ2n) is 5.20. The van der Waals surface area contributed by atoms with Crippen molar-refractivity contribution >= 4 is 21.6 Å². The van der Waals surface area contributed by atoms with Crippen molar-refractivity contribution in [2.24, 2.45) is 0 Å². The first-order valence-corrected chi connectivity index (χ1v) is 7.78. The van der Waals surface area contributed by atoms with Crippen molar-refractivity contribution in [2.45, 2.75) is 32.0 Å². The third kappa shape index (κ3) is 2.46. The van der Waals surface area contributed by atoms with Gasteiger partial charge >= 0.3 is 0 Å². The number of nitrogens with one attached hydrogen (secondary N) is 1. The summed E-state index contributed by atoms with van der Waals surface area (Å²) in [4.78, 5) is 9.13. The van der Waals surface area contributed by atoms with Crippen molar-refractivity contribution < 1.29 is 0 Å². The highest BCUT2D eigenvalue weighted by atomic mass is 32.1. The van der Waals surface area contributed by atoms with Gasteiger partial charge in [0.15, 0.2) is 0 Å². The fraction of sp³-hybridized carbons (Fsp3) is 0.333. The van der Waals surface area contributed by atoms with E-state index in [2.05, 4.69) is 38.1 Å². The molecule has 0 radical (unpaired) electrons. The second-order valence-corrected chi connectivity index (χ2v) is 6.32. The summed E-state index contributed by atoms with van der Waals surface area (Å²) in [7, 11) is 0. The van der Waals surface area contributed by atoms with Gasteiger partial charge in [-0.25, -0.2) is 9.97 Å². The number of thiazole rings is 1. The molecule has 3 aromatic rings. The summed E-state index contributed by atoms with van der Waals surface area (Å²) in [6, 6.07) is 9.00. The third-order valence-corrected chi connectivity index (χ3v) is 4.59. The van der Waals surface area contributed by atoms with E-state index < -0.39 is 0 Å². The van der Waals surface area contributed by atoms with Gasteiger partial charge in [0, 0.05) is 18.4 Å². The molecule has 1 N–H and O–H groups in total. The smallest absolute Gasteiger partial charge is 0.123 e. The summed E-state index contributed by atoms with van der Waals surface area (Å²) in [5.74, 6) is 1.09. The predicted octanol–water partition coefficient (Wildman–Crippen LogP) is 2.79. The van der Waals surface area contributed by atoms with Crippen molar-refractivity contribution in [1.82, 2.24) is 19.9 Å². The zero-order chi connectivity index (χ0) is 13.4. The maximum atomic E-state index is 4.69. The summed E-state index contributed by atoms with van der Waals surface area (Å²) >= 11 is 1.76. The molecule has 0 spiro atoms. The molecule has 4 rings (SSSR count). The van der Waals surface area contributed by atoms with Crippen LogP contribution >= 0.6 is 11.3 Å². The molecule has 0 aliphatic heterocycles. The van der Waals surface area contributed by atoms with E-state index in [0.717, 1.165) is 29.4 Å². The number of para-hydroxylation sites is 1. The molecule has 1 saturated carbocycles. The van der Waals surface area contributed by atoms with Gasteiger partial charge in [-0.1, -0.05) is 12.1 Å². The van der Waals surface area contributed by atoms with Crippen LogP contribution in [-0.4, -0.2) is 20.6 Å². The minimum atomic E-state index is 0.711. The zero-order valence-electron chi connectivity index (χ0n) is 11.1. The number of aromatic nitrogens is 3. The van der Waals surface area contributed by atoms with Crippen molar-refractivity contribution in [3.05, 3.63) is 47.5 Å². The molecule has 1 fully saturated rings. The molecule has 0 amide bonds. The number of benzene rings is 1. The SMILES string of the molecule is c1ccc2sc(Cn3ccnc3CNC3CC3)nc2c1. The average Bonchev–Trinajstić information content (AvgIpc) is 3.04. The molecule has 0 bridgehead atoms. The van der Waals surface area contributed by atoms with Crippen LogP contribution in [-0.2, 0) is 13.1 Å². The molecule has 20 heavy (non-hydrogen) atoms. The summed E-state index contributed by atoms with van der Waals surface area (Å²) in [5.41, 5.74) is 1.09. The molecule has 0 atom stereocenters. The molecular formula is C15H16N4S. The van der Waals surface area contributed by atoms with Crippen LogP contribution in [0.2, 0.25) is 0 Å². The normalized spacial score (nSPS) is 15.0. The molecule has 4 nitrogen and oxygen atoms in total. The maximum absolute atomic E-state index is 4.69. The van der Waals surface area contributed by atoms with Crippen molar-refractivity contribution in [1.29, 1.82) is 0 Å². The molecule has 1 aliphatic rings. The molecule has 2 heterocycles. The van der Waals surface area contributed by atoms with Gasteiger partial charge in [-0.15, -0.1) is 11.3 Å². The number of nitrogens with zero attached hydrogens (tertiary/aromatic N) is 3. The lowest BCUT2D eigenvalue weighted by Crippen LogP contribution is -2.19. The number of hydrogen-bond donors (Lipinski definition) is 1. The van der Waals surface area contributed by atoms with Crippen LogP contribution in [0.5, 0.6) is 0 Å². The Morgan fingerprint density at radius 3 is 3.05 bits per heavy atom. The van der Waals surface area contributed by atoms with Crippen molar-refractivity contribution in [2.75, 3.05) is 0 Å². The predicted molar refractivity (Wildman–Crippen MR) is 80.8 cm³/mol. The van der Waals surface area contributed by atoms with Gasteiger partial charge < -0.3 is 9.88 Å². The van der Waals surface area contributed by atoms with Crippen molar-refractivity contribution in [3.63, 3.8) is 0 Å². The van der Waals surface area contributed by atoms with Crippen LogP contribution in [0.1, 0.15) is 23.7 Å². The Hall–Kier alpha value is -1.72. The molecule has 5 heteroatoms. The average molecular weight is 284 g/mol. The zero-order valence-corrected chi connectivity index (χ0v) is 11.9. The fourth-order valence-corrected chi connectivity index (χ4v) is 3.27. The minimum Gasteiger partial charge on any atom is -0.327 e. The minimum absolute atomic E-state index is 0.711. The molecule has 0 unspecified atom stereocenters. The van der Waals surface area contributed by atoms with Crippen LogP contribution in [0, 0.1) is 0 Å². The van der Waals surface area contributed by atoms with Gasteiger partial charge in [0.1, 0.15) is 10.8 Å². The summed E-state index contributed by atoms with van der Waals surface area (Å²) in [6.07, 6.45) is 6.52. The van der Waals surface area contributed by atoms with Gasteiger partial charge in [-0.05, 0) is 25.0 Å². The lowest BCUT2D eigenvalue weighted by molar-refractivity contribution is 0.618. The number of rotatable bonds is 5. The molecule has 102 valence electrons. The highest BCUT2D eigenvalue weighted by Crippen LogP contribution is 2.23. The van der Waals surface area contributed by atoms with E-state index >= 15 is 0 Å². The molecule has 0 saturated heterocycles. The van der Waals surface area contributed by atoms with Gasteiger partial charge in [-0.3, -0.25) is 0 Å². The number of fused-ring (bicyclic) bond motifs is 1. The first-order chi connectivity index (χ1) is 9.88. The molecular weight excluding hydrogens is 268 g/mol. The van der Waals surface area contributed by atoms with E-state index in [4.69, 9.17) is 0 Å².